The zero-order valence-corrected chi connectivity index (χ0v) is 25.8. The lowest BCUT2D eigenvalue weighted by molar-refractivity contribution is -0.145. The highest BCUT2D eigenvalue weighted by Crippen LogP contribution is 2.26. The minimum atomic E-state index is -0.924. The normalized spacial score (nSPS) is 16.3. The quantitative estimate of drug-likeness (QED) is 0.264. The summed E-state index contributed by atoms with van der Waals surface area (Å²) in [5.41, 5.74) is 0.731. The number of carbonyl (C=O) groups is 3. The molecule has 0 aliphatic carbocycles. The highest BCUT2D eigenvalue weighted by atomic mass is 35.5. The molecule has 43 heavy (non-hydrogen) atoms. The van der Waals surface area contributed by atoms with E-state index in [4.69, 9.17) is 0 Å². The highest BCUT2D eigenvalue weighted by Gasteiger charge is 2.39. The van der Waals surface area contributed by atoms with E-state index in [0.29, 0.717) is 24.9 Å². The average molecular weight is 613 g/mol. The van der Waals surface area contributed by atoms with Crippen LogP contribution in [0.25, 0.3) is 10.8 Å². The lowest BCUT2D eigenvalue weighted by Crippen LogP contribution is -2.55. The third-order valence-corrected chi connectivity index (χ3v) is 7.51. The van der Waals surface area contributed by atoms with Crippen molar-refractivity contribution in [1.29, 1.82) is 0 Å². The first-order valence-electron chi connectivity index (χ1n) is 14.5. The van der Waals surface area contributed by atoms with Gasteiger partial charge in [0.2, 0.25) is 17.7 Å². The van der Waals surface area contributed by atoms with Crippen LogP contribution in [0.1, 0.15) is 44.7 Å². The number of aliphatic hydroxyl groups excluding tert-OH is 1. The summed E-state index contributed by atoms with van der Waals surface area (Å²) >= 11 is 0. The Bertz CT molecular complexity index is 1410. The predicted octanol–water partition coefficient (Wildman–Crippen LogP) is 3.73. The summed E-state index contributed by atoms with van der Waals surface area (Å²) in [6, 6.07) is 18.6. The minimum absolute atomic E-state index is 0. The van der Waals surface area contributed by atoms with Crippen molar-refractivity contribution in [3.8, 4) is 0 Å². The molecule has 1 aliphatic rings. The van der Waals surface area contributed by atoms with Crippen LogP contribution < -0.4 is 16.0 Å². The number of benzene rings is 3. The molecule has 1 aliphatic heterocycles. The molecule has 3 aromatic carbocycles. The largest absolute Gasteiger partial charge is 0.390 e. The second-order valence-electron chi connectivity index (χ2n) is 12.0. The number of rotatable bonds is 11. The van der Waals surface area contributed by atoms with Gasteiger partial charge in [0.25, 0.3) is 0 Å². The first kappa shape index (κ1) is 34.0. The SMILES string of the molecule is CC(C)(C)C(=O)N1CCCC1C(=O)N[C@H](Cc1ccc2ccccc2c1)C(=O)NCC(O)CNCc1ccccc1F.Cl. The Morgan fingerprint density at radius 3 is 2.42 bits per heavy atom. The van der Waals surface area contributed by atoms with E-state index in [2.05, 4.69) is 16.0 Å². The maximum atomic E-state index is 13.8. The number of nitrogens with zero attached hydrogens (tertiary/aromatic N) is 1. The number of hydrogen-bond acceptors (Lipinski definition) is 5. The third kappa shape index (κ3) is 9.23. The van der Waals surface area contributed by atoms with Crippen molar-refractivity contribution in [2.75, 3.05) is 19.6 Å². The number of amides is 3. The molecule has 4 N–H and O–H groups in total. The van der Waals surface area contributed by atoms with Gasteiger partial charge in [0.05, 0.1) is 6.10 Å². The molecule has 8 nitrogen and oxygen atoms in total. The lowest BCUT2D eigenvalue weighted by Gasteiger charge is -2.31. The summed E-state index contributed by atoms with van der Waals surface area (Å²) in [6.07, 6.45) is 0.564. The van der Waals surface area contributed by atoms with E-state index in [1.54, 1.807) is 23.1 Å². The highest BCUT2D eigenvalue weighted by molar-refractivity contribution is 5.93. The summed E-state index contributed by atoms with van der Waals surface area (Å²) in [5, 5.41) is 21.2. The van der Waals surface area contributed by atoms with Gasteiger partial charge in [-0.05, 0) is 35.2 Å². The van der Waals surface area contributed by atoms with Gasteiger partial charge >= 0.3 is 0 Å². The number of likely N-dealkylation sites (tertiary alicyclic amines) is 1. The second kappa shape index (κ2) is 15.3. The van der Waals surface area contributed by atoms with Crippen molar-refractivity contribution >= 4 is 40.9 Å². The van der Waals surface area contributed by atoms with Gasteiger partial charge in [-0.2, -0.15) is 0 Å². The van der Waals surface area contributed by atoms with E-state index in [0.717, 1.165) is 16.3 Å². The van der Waals surface area contributed by atoms with E-state index in [-0.39, 0.29) is 56.1 Å². The van der Waals surface area contributed by atoms with Gasteiger partial charge in [-0.3, -0.25) is 14.4 Å². The Labute approximate surface area is 258 Å². The molecule has 2 unspecified atom stereocenters. The van der Waals surface area contributed by atoms with Crippen LogP contribution in [0.15, 0.2) is 66.7 Å². The fourth-order valence-corrected chi connectivity index (χ4v) is 5.22. The first-order valence-corrected chi connectivity index (χ1v) is 14.5. The maximum Gasteiger partial charge on any atom is 0.243 e. The zero-order valence-electron chi connectivity index (χ0n) is 24.9. The average Bonchev–Trinajstić information content (AvgIpc) is 3.45. The molecule has 0 spiro atoms. The molecule has 10 heteroatoms. The third-order valence-electron chi connectivity index (χ3n) is 7.51. The van der Waals surface area contributed by atoms with Crippen LogP contribution in [0.3, 0.4) is 0 Å². The van der Waals surface area contributed by atoms with Crippen molar-refractivity contribution in [3.63, 3.8) is 0 Å². The van der Waals surface area contributed by atoms with Crippen LogP contribution in [0, 0.1) is 11.2 Å². The molecule has 0 aromatic heterocycles. The molecule has 3 atom stereocenters. The monoisotopic (exact) mass is 612 g/mol. The Kier molecular flexibility index (Phi) is 12.1. The fraction of sp³-hybridized carbons (Fsp3) is 0.424. The van der Waals surface area contributed by atoms with E-state index in [1.165, 1.54) is 6.07 Å². The molecular weight excluding hydrogens is 571 g/mol. The molecule has 0 saturated carbocycles. The van der Waals surface area contributed by atoms with Gasteiger partial charge in [-0.15, -0.1) is 12.4 Å². The number of hydrogen-bond donors (Lipinski definition) is 4. The van der Waals surface area contributed by atoms with Crippen LogP contribution in [0.4, 0.5) is 4.39 Å². The maximum absolute atomic E-state index is 13.8. The molecule has 3 aromatic rings. The van der Waals surface area contributed by atoms with Crippen molar-refractivity contribution in [1.82, 2.24) is 20.9 Å². The number of halogens is 2. The summed E-state index contributed by atoms with van der Waals surface area (Å²) < 4.78 is 13.8. The van der Waals surface area contributed by atoms with Crippen molar-refractivity contribution in [2.45, 2.75) is 64.8 Å². The van der Waals surface area contributed by atoms with Gasteiger partial charge in [0.1, 0.15) is 17.9 Å². The Hall–Kier alpha value is -3.53. The Morgan fingerprint density at radius 2 is 1.70 bits per heavy atom. The summed E-state index contributed by atoms with van der Waals surface area (Å²) in [6.45, 7) is 6.32. The van der Waals surface area contributed by atoms with Gasteiger partial charge in [0.15, 0.2) is 0 Å². The summed E-state index contributed by atoms with van der Waals surface area (Å²) in [5.74, 6) is -1.22. The second-order valence-corrected chi connectivity index (χ2v) is 12.0. The van der Waals surface area contributed by atoms with Crippen molar-refractivity contribution in [2.24, 2.45) is 5.41 Å². The lowest BCUT2D eigenvalue weighted by atomic mass is 9.94. The van der Waals surface area contributed by atoms with E-state index in [9.17, 15) is 23.9 Å². The van der Waals surface area contributed by atoms with Crippen molar-refractivity contribution < 1.29 is 23.9 Å². The van der Waals surface area contributed by atoms with Crippen LogP contribution >= 0.6 is 12.4 Å². The first-order chi connectivity index (χ1) is 20.0. The van der Waals surface area contributed by atoms with Gasteiger partial charge < -0.3 is 26.0 Å². The molecule has 1 saturated heterocycles. The zero-order chi connectivity index (χ0) is 30.3. The smallest absolute Gasteiger partial charge is 0.243 e. The van der Waals surface area contributed by atoms with E-state index in [1.807, 2.05) is 63.2 Å². The summed E-state index contributed by atoms with van der Waals surface area (Å²) in [7, 11) is 0. The Morgan fingerprint density at radius 1 is 1.00 bits per heavy atom. The fourth-order valence-electron chi connectivity index (χ4n) is 5.22. The molecule has 1 fully saturated rings. The van der Waals surface area contributed by atoms with Crippen LogP contribution in [-0.4, -0.2) is 65.5 Å². The topological polar surface area (TPSA) is 111 Å². The molecule has 0 radical (unpaired) electrons. The molecule has 0 bridgehead atoms. The number of fused-ring (bicyclic) bond motifs is 1. The molecule has 3 amide bonds. The number of nitrogens with one attached hydrogen (secondary N) is 3. The van der Waals surface area contributed by atoms with Gasteiger partial charge in [-0.25, -0.2) is 4.39 Å². The molecule has 4 rings (SSSR count). The van der Waals surface area contributed by atoms with Crippen LogP contribution in [0.5, 0.6) is 0 Å². The van der Waals surface area contributed by atoms with Crippen LogP contribution in [-0.2, 0) is 27.3 Å². The number of aliphatic hydroxyl groups is 1. The molecule has 1 heterocycles. The van der Waals surface area contributed by atoms with E-state index < -0.39 is 29.5 Å². The molecular formula is C33H42ClFN4O4. The van der Waals surface area contributed by atoms with E-state index >= 15 is 0 Å². The Balaban J connectivity index is 0.00000506. The van der Waals surface area contributed by atoms with Gasteiger partial charge in [0, 0.05) is 43.6 Å². The summed E-state index contributed by atoms with van der Waals surface area (Å²) in [4.78, 5) is 41.5. The number of carbonyl (C=O) groups excluding carboxylic acids is 3. The van der Waals surface area contributed by atoms with Crippen LogP contribution in [0.2, 0.25) is 0 Å². The minimum Gasteiger partial charge on any atom is -0.390 e. The standard InChI is InChI=1S/C33H41FN4O4.ClH/c1-33(2,3)32(42)38-16-8-13-29(38)31(41)37-28(18-22-14-15-23-9-4-5-10-24(23)17-22)30(40)36-21-26(39)20-35-19-25-11-6-7-12-27(25)34;/h4-7,9-12,14-15,17,26,28-29,35,39H,8,13,16,18-21H2,1-3H3,(H,36,40)(H,37,41);1H/t26?,28-,29?;/m1./s1. The molecule has 232 valence electrons. The van der Waals surface area contributed by atoms with Gasteiger partial charge in [-0.1, -0.05) is 81.4 Å². The van der Waals surface area contributed by atoms with Crippen molar-refractivity contribution in [3.05, 3.63) is 83.7 Å². The predicted molar refractivity (Wildman–Crippen MR) is 168 cm³/mol.